The number of methoxy groups -OCH3 is 1. The van der Waals surface area contributed by atoms with E-state index in [0.29, 0.717) is 29.7 Å². The van der Waals surface area contributed by atoms with Gasteiger partial charge < -0.3 is 23.9 Å². The van der Waals surface area contributed by atoms with Gasteiger partial charge in [-0.25, -0.2) is 0 Å². The maximum Gasteiger partial charge on any atom is 0.271 e. The number of carbonyl (C=O) groups excluding carboxylic acids is 2. The van der Waals surface area contributed by atoms with Crippen LogP contribution in [-0.4, -0.2) is 40.0 Å². The Morgan fingerprint density at radius 1 is 1.11 bits per heavy atom. The molecule has 1 N–H and O–H groups in total. The van der Waals surface area contributed by atoms with Gasteiger partial charge in [-0.15, -0.1) is 0 Å². The summed E-state index contributed by atoms with van der Waals surface area (Å²) in [5.41, 5.74) is 1.10. The monoisotopic (exact) mass is 475 g/mol. The van der Waals surface area contributed by atoms with Crippen LogP contribution in [0.4, 0.5) is 0 Å². The van der Waals surface area contributed by atoms with Crippen molar-refractivity contribution >= 4 is 11.8 Å². The van der Waals surface area contributed by atoms with Gasteiger partial charge in [0.2, 0.25) is 5.91 Å². The number of rotatable bonds is 6. The zero-order chi connectivity index (χ0) is 24.6. The highest BCUT2D eigenvalue weighted by atomic mass is 16.5. The summed E-state index contributed by atoms with van der Waals surface area (Å²) >= 11 is 0. The van der Waals surface area contributed by atoms with Gasteiger partial charge >= 0.3 is 0 Å². The minimum absolute atomic E-state index is 0.117. The molecule has 3 heterocycles. The Morgan fingerprint density at radius 2 is 1.89 bits per heavy atom. The third kappa shape index (κ3) is 4.13. The molecule has 35 heavy (non-hydrogen) atoms. The number of para-hydroxylation sites is 1. The van der Waals surface area contributed by atoms with Gasteiger partial charge in [0, 0.05) is 11.6 Å². The van der Waals surface area contributed by atoms with Crippen LogP contribution in [0.25, 0.3) is 11.5 Å². The number of hydrogen-bond donors (Lipinski definition) is 1. The summed E-state index contributed by atoms with van der Waals surface area (Å²) in [6.45, 7) is 4.68. The lowest BCUT2D eigenvalue weighted by atomic mass is 9.85. The number of nitrogens with one attached hydrogen (secondary N) is 1. The Kier molecular flexibility index (Phi) is 6.17. The molecule has 2 amide bonds. The standard InChI is InChI=1S/C28H33N3O4/c1-19-9-4-6-11-21(19)29-27(33)28(2)18-30-22(25-13-8-16-35-25)14-15-23(30)26(32)31(28)17-20-10-5-7-12-24(20)34-3/h5,7-8,10,12-16,19,21H,4,6,9,11,17-18H2,1-3H3,(H,29,33)/t19-,21-,28-/m1/s1. The lowest BCUT2D eigenvalue weighted by Gasteiger charge is -2.45. The van der Waals surface area contributed by atoms with Crippen molar-refractivity contribution in [3.05, 3.63) is 66.1 Å². The van der Waals surface area contributed by atoms with E-state index in [1.165, 1.54) is 6.42 Å². The second-order valence-corrected chi connectivity index (χ2v) is 9.99. The van der Waals surface area contributed by atoms with Crippen LogP contribution in [0.15, 0.2) is 59.2 Å². The van der Waals surface area contributed by atoms with E-state index in [4.69, 9.17) is 9.15 Å². The number of hydrogen-bond acceptors (Lipinski definition) is 4. The molecule has 2 aromatic heterocycles. The molecule has 1 fully saturated rings. The van der Waals surface area contributed by atoms with Gasteiger partial charge in [-0.3, -0.25) is 9.59 Å². The lowest BCUT2D eigenvalue weighted by molar-refractivity contribution is -0.134. The third-order valence-electron chi connectivity index (χ3n) is 7.72. The van der Waals surface area contributed by atoms with Crippen LogP contribution < -0.4 is 10.1 Å². The number of carbonyl (C=O) groups is 2. The van der Waals surface area contributed by atoms with E-state index in [1.807, 2.05) is 60.0 Å². The minimum atomic E-state index is -1.09. The average Bonchev–Trinajstić information content (AvgIpc) is 3.53. The molecule has 1 aromatic carbocycles. The van der Waals surface area contributed by atoms with Crippen LogP contribution in [0.5, 0.6) is 5.75 Å². The summed E-state index contributed by atoms with van der Waals surface area (Å²) in [4.78, 5) is 29.6. The normalized spacial score (nSPS) is 24.2. The smallest absolute Gasteiger partial charge is 0.271 e. The number of fused-ring (bicyclic) bond motifs is 1. The fourth-order valence-electron chi connectivity index (χ4n) is 5.52. The Labute approximate surface area is 206 Å². The Morgan fingerprint density at radius 3 is 2.63 bits per heavy atom. The largest absolute Gasteiger partial charge is 0.496 e. The molecule has 0 spiro atoms. The molecule has 3 aromatic rings. The third-order valence-corrected chi connectivity index (χ3v) is 7.72. The van der Waals surface area contributed by atoms with Crippen LogP contribution in [-0.2, 0) is 17.9 Å². The van der Waals surface area contributed by atoms with E-state index in [-0.39, 0.29) is 24.4 Å². The molecule has 1 saturated carbocycles. The SMILES string of the molecule is COc1ccccc1CN1C(=O)c2ccc(-c3ccco3)n2C[C@]1(C)C(=O)N[C@@H]1CCCC[C@H]1C. The zero-order valence-electron chi connectivity index (χ0n) is 20.6. The first-order chi connectivity index (χ1) is 16.9. The summed E-state index contributed by atoms with van der Waals surface area (Å²) in [6, 6.07) is 15.2. The second-order valence-electron chi connectivity index (χ2n) is 9.99. The molecule has 0 radical (unpaired) electrons. The van der Waals surface area contributed by atoms with Crippen molar-refractivity contribution in [2.45, 2.75) is 64.2 Å². The summed E-state index contributed by atoms with van der Waals surface area (Å²) in [7, 11) is 1.62. The van der Waals surface area contributed by atoms with Gasteiger partial charge in [0.25, 0.3) is 5.91 Å². The Bertz CT molecular complexity index is 1210. The summed E-state index contributed by atoms with van der Waals surface area (Å²) in [5, 5.41) is 3.32. The Balaban J connectivity index is 1.55. The molecule has 0 saturated heterocycles. The Hall–Kier alpha value is -3.48. The molecular formula is C28H33N3O4. The van der Waals surface area contributed by atoms with E-state index < -0.39 is 5.54 Å². The first-order valence-corrected chi connectivity index (χ1v) is 12.4. The maximum absolute atomic E-state index is 14.0. The van der Waals surface area contributed by atoms with Crippen molar-refractivity contribution in [2.75, 3.05) is 7.11 Å². The van der Waals surface area contributed by atoms with Crippen molar-refractivity contribution in [3.8, 4) is 17.2 Å². The molecule has 0 unspecified atom stereocenters. The molecule has 2 aliphatic rings. The van der Waals surface area contributed by atoms with Crippen LogP contribution >= 0.6 is 0 Å². The highest BCUT2D eigenvalue weighted by Crippen LogP contribution is 2.36. The molecular weight excluding hydrogens is 442 g/mol. The fourth-order valence-corrected chi connectivity index (χ4v) is 5.52. The van der Waals surface area contributed by atoms with Gasteiger partial charge in [0.05, 0.1) is 32.2 Å². The predicted molar refractivity (Wildman–Crippen MR) is 133 cm³/mol. The predicted octanol–water partition coefficient (Wildman–Crippen LogP) is 4.87. The van der Waals surface area contributed by atoms with Gasteiger partial charge in [-0.05, 0) is 56.0 Å². The van der Waals surface area contributed by atoms with E-state index in [9.17, 15) is 9.59 Å². The molecule has 1 aliphatic carbocycles. The molecule has 184 valence electrons. The van der Waals surface area contributed by atoms with Gasteiger partial charge in [-0.2, -0.15) is 0 Å². The highest BCUT2D eigenvalue weighted by Gasteiger charge is 2.48. The van der Waals surface area contributed by atoms with Crippen LogP contribution in [0, 0.1) is 5.92 Å². The average molecular weight is 476 g/mol. The second kappa shape index (κ2) is 9.29. The first kappa shape index (κ1) is 23.3. The first-order valence-electron chi connectivity index (χ1n) is 12.4. The van der Waals surface area contributed by atoms with Crippen LogP contribution in [0.2, 0.25) is 0 Å². The van der Waals surface area contributed by atoms with Crippen molar-refractivity contribution in [1.82, 2.24) is 14.8 Å². The van der Waals surface area contributed by atoms with E-state index >= 15 is 0 Å². The molecule has 5 rings (SSSR count). The number of benzene rings is 1. The van der Waals surface area contributed by atoms with Crippen LogP contribution in [0.3, 0.4) is 0 Å². The summed E-state index contributed by atoms with van der Waals surface area (Å²) in [5.74, 6) is 1.48. The van der Waals surface area contributed by atoms with Crippen molar-refractivity contribution < 1.29 is 18.7 Å². The fraction of sp³-hybridized carbons (Fsp3) is 0.429. The highest BCUT2D eigenvalue weighted by molar-refractivity contribution is 6.00. The van der Waals surface area contributed by atoms with E-state index in [2.05, 4.69) is 12.2 Å². The molecule has 0 bridgehead atoms. The number of ether oxygens (including phenoxy) is 1. The lowest BCUT2D eigenvalue weighted by Crippen LogP contribution is -2.65. The molecule has 3 atom stereocenters. The number of amides is 2. The minimum Gasteiger partial charge on any atom is -0.496 e. The van der Waals surface area contributed by atoms with Gasteiger partial charge in [0.15, 0.2) is 0 Å². The zero-order valence-corrected chi connectivity index (χ0v) is 20.6. The van der Waals surface area contributed by atoms with Crippen molar-refractivity contribution in [3.63, 3.8) is 0 Å². The number of furan rings is 1. The van der Waals surface area contributed by atoms with E-state index in [0.717, 1.165) is 30.5 Å². The van der Waals surface area contributed by atoms with Gasteiger partial charge in [-0.1, -0.05) is 38.0 Å². The topological polar surface area (TPSA) is 76.7 Å². The summed E-state index contributed by atoms with van der Waals surface area (Å²) in [6.07, 6.45) is 6.00. The molecule has 1 aliphatic heterocycles. The number of nitrogens with zero attached hydrogens (tertiary/aromatic N) is 2. The quantitative estimate of drug-likeness (QED) is 0.552. The van der Waals surface area contributed by atoms with Crippen molar-refractivity contribution in [2.24, 2.45) is 5.92 Å². The van der Waals surface area contributed by atoms with Crippen molar-refractivity contribution in [1.29, 1.82) is 0 Å². The number of aromatic nitrogens is 1. The van der Waals surface area contributed by atoms with Gasteiger partial charge in [0.1, 0.15) is 22.7 Å². The van der Waals surface area contributed by atoms with E-state index in [1.54, 1.807) is 18.3 Å². The maximum atomic E-state index is 14.0. The van der Waals surface area contributed by atoms with Crippen LogP contribution in [0.1, 0.15) is 55.6 Å². The molecule has 7 heteroatoms. The molecule has 7 nitrogen and oxygen atoms in total. The summed E-state index contributed by atoms with van der Waals surface area (Å²) < 4.78 is 13.1.